The van der Waals surface area contributed by atoms with E-state index in [1.165, 1.54) is 6.92 Å². The lowest BCUT2D eigenvalue weighted by Gasteiger charge is -2.23. The van der Waals surface area contributed by atoms with E-state index in [-0.39, 0.29) is 0 Å². The minimum Gasteiger partial charge on any atom is -0.394 e. The molecule has 0 fully saturated rings. The lowest BCUT2D eigenvalue weighted by molar-refractivity contribution is -0.211. The molecule has 0 heterocycles. The van der Waals surface area contributed by atoms with E-state index in [0.29, 0.717) is 0 Å². The van der Waals surface area contributed by atoms with Crippen molar-refractivity contribution < 1.29 is 30.3 Å². The zero-order valence-electron chi connectivity index (χ0n) is 7.37. The Kier molecular flexibility index (Phi) is 6.13. The molecule has 0 aromatic carbocycles. The average molecular weight is 196 g/mol. The number of hydrogen-bond donors (Lipinski definition) is 5. The molecule has 5 N–H and O–H groups in total. The zero-order valence-corrected chi connectivity index (χ0v) is 7.37. The van der Waals surface area contributed by atoms with Gasteiger partial charge in [-0.15, -0.1) is 0 Å². The number of rotatable bonds is 6. The van der Waals surface area contributed by atoms with Gasteiger partial charge in [-0.05, 0) is 6.92 Å². The maximum atomic E-state index is 9.01. The van der Waals surface area contributed by atoms with Gasteiger partial charge < -0.3 is 30.3 Å². The Labute approximate surface area is 76.0 Å². The Morgan fingerprint density at radius 2 is 1.46 bits per heavy atom. The molecule has 0 aliphatic rings. The first-order valence-electron chi connectivity index (χ1n) is 3.94. The summed E-state index contributed by atoms with van der Waals surface area (Å²) in [6.07, 6.45) is -4.92. The van der Waals surface area contributed by atoms with Crippen LogP contribution in [-0.2, 0) is 4.74 Å². The highest BCUT2D eigenvalue weighted by molar-refractivity contribution is 4.65. The molecule has 0 bridgehead atoms. The molecule has 0 aliphatic carbocycles. The minimum absolute atomic E-state index is 0.497. The van der Waals surface area contributed by atoms with Gasteiger partial charge in [0.1, 0.15) is 12.2 Å². The number of aliphatic hydroxyl groups is 5. The van der Waals surface area contributed by atoms with Crippen LogP contribution in [0.4, 0.5) is 0 Å². The second-order valence-electron chi connectivity index (χ2n) is 2.73. The predicted molar refractivity (Wildman–Crippen MR) is 42.7 cm³/mol. The molecule has 6 nitrogen and oxygen atoms in total. The normalized spacial score (nSPS) is 20.8. The van der Waals surface area contributed by atoms with E-state index in [1.807, 2.05) is 0 Å². The van der Waals surface area contributed by atoms with Crippen LogP contribution in [-0.4, -0.2) is 63.3 Å². The van der Waals surface area contributed by atoms with Crippen LogP contribution >= 0.6 is 0 Å². The topological polar surface area (TPSA) is 110 Å². The molecule has 0 saturated heterocycles. The summed E-state index contributed by atoms with van der Waals surface area (Å²) in [5.41, 5.74) is 0. The smallest absolute Gasteiger partial charge is 0.183 e. The standard InChI is InChI=1S/C7H16O6/c1-4(5(10)2-8)13-7(12)6(11)3-9/h4-12H,2-3H2,1H3/t4-,5?,6+,7+/m1/s1. The number of hydrogen-bond acceptors (Lipinski definition) is 6. The van der Waals surface area contributed by atoms with Crippen molar-refractivity contribution in [2.75, 3.05) is 13.2 Å². The second-order valence-corrected chi connectivity index (χ2v) is 2.73. The van der Waals surface area contributed by atoms with E-state index in [1.54, 1.807) is 0 Å². The zero-order chi connectivity index (χ0) is 10.4. The van der Waals surface area contributed by atoms with Gasteiger partial charge in [-0.25, -0.2) is 0 Å². The van der Waals surface area contributed by atoms with Gasteiger partial charge in [-0.3, -0.25) is 0 Å². The number of aliphatic hydroxyl groups excluding tert-OH is 5. The van der Waals surface area contributed by atoms with Crippen molar-refractivity contribution in [3.8, 4) is 0 Å². The molecule has 80 valence electrons. The van der Waals surface area contributed by atoms with Crippen LogP contribution in [0.3, 0.4) is 0 Å². The van der Waals surface area contributed by atoms with Gasteiger partial charge in [-0.1, -0.05) is 0 Å². The van der Waals surface area contributed by atoms with E-state index in [2.05, 4.69) is 0 Å². The molecule has 0 spiro atoms. The Morgan fingerprint density at radius 1 is 1.00 bits per heavy atom. The summed E-state index contributed by atoms with van der Waals surface area (Å²) in [4.78, 5) is 0. The third-order valence-corrected chi connectivity index (χ3v) is 1.60. The molecule has 6 heteroatoms. The Bertz CT molecular complexity index is 116. The van der Waals surface area contributed by atoms with Crippen molar-refractivity contribution in [1.29, 1.82) is 0 Å². The van der Waals surface area contributed by atoms with Crippen LogP contribution in [0.25, 0.3) is 0 Å². The van der Waals surface area contributed by atoms with Gasteiger partial charge in [-0.2, -0.15) is 0 Å². The molecule has 0 aliphatic heterocycles. The summed E-state index contributed by atoms with van der Waals surface area (Å²) in [5.74, 6) is 0. The van der Waals surface area contributed by atoms with Crippen LogP contribution in [0.15, 0.2) is 0 Å². The Morgan fingerprint density at radius 3 is 1.85 bits per heavy atom. The first-order valence-corrected chi connectivity index (χ1v) is 3.94. The third kappa shape index (κ3) is 4.51. The minimum atomic E-state index is -1.57. The van der Waals surface area contributed by atoms with Crippen LogP contribution in [0.1, 0.15) is 6.92 Å². The summed E-state index contributed by atoms with van der Waals surface area (Å²) in [6.45, 7) is 0.292. The van der Waals surface area contributed by atoms with Gasteiger partial charge in [0.15, 0.2) is 6.29 Å². The lowest BCUT2D eigenvalue weighted by Crippen LogP contribution is -2.39. The monoisotopic (exact) mass is 196 g/mol. The van der Waals surface area contributed by atoms with Gasteiger partial charge in [0.2, 0.25) is 0 Å². The third-order valence-electron chi connectivity index (χ3n) is 1.60. The van der Waals surface area contributed by atoms with Crippen molar-refractivity contribution in [3.63, 3.8) is 0 Å². The molecule has 0 radical (unpaired) electrons. The van der Waals surface area contributed by atoms with Crippen LogP contribution in [0, 0.1) is 0 Å². The van der Waals surface area contributed by atoms with Gasteiger partial charge in [0.25, 0.3) is 0 Å². The molecule has 13 heavy (non-hydrogen) atoms. The maximum absolute atomic E-state index is 9.01. The van der Waals surface area contributed by atoms with E-state index in [4.69, 9.17) is 30.3 Å². The van der Waals surface area contributed by atoms with Crippen LogP contribution in [0.2, 0.25) is 0 Å². The summed E-state index contributed by atoms with van der Waals surface area (Å²) >= 11 is 0. The van der Waals surface area contributed by atoms with E-state index in [0.717, 1.165) is 0 Å². The highest BCUT2D eigenvalue weighted by atomic mass is 16.6. The average Bonchev–Trinajstić information content (AvgIpc) is 2.14. The van der Waals surface area contributed by atoms with Gasteiger partial charge in [0.05, 0.1) is 19.3 Å². The highest BCUT2D eigenvalue weighted by Gasteiger charge is 2.22. The Balaban J connectivity index is 3.83. The van der Waals surface area contributed by atoms with Crippen molar-refractivity contribution in [2.24, 2.45) is 0 Å². The second kappa shape index (κ2) is 6.25. The van der Waals surface area contributed by atoms with Gasteiger partial charge in [0, 0.05) is 0 Å². The summed E-state index contributed by atoms with van der Waals surface area (Å²) < 4.78 is 4.69. The lowest BCUT2D eigenvalue weighted by atomic mass is 10.2. The fourth-order valence-electron chi connectivity index (χ4n) is 0.640. The highest BCUT2D eigenvalue weighted by Crippen LogP contribution is 2.04. The Hall–Kier alpha value is -0.240. The van der Waals surface area contributed by atoms with E-state index in [9.17, 15) is 0 Å². The summed E-state index contributed by atoms with van der Waals surface area (Å²) in [5, 5.41) is 43.8. The van der Waals surface area contributed by atoms with Crippen molar-refractivity contribution >= 4 is 0 Å². The SMILES string of the molecule is C[C@@H](O[C@H](O)[C@@H](O)CO)C(O)CO. The molecule has 0 amide bonds. The van der Waals surface area contributed by atoms with Crippen molar-refractivity contribution in [1.82, 2.24) is 0 Å². The van der Waals surface area contributed by atoms with E-state index >= 15 is 0 Å². The predicted octanol–water partition coefficient (Wildman–Crippen LogP) is -2.58. The maximum Gasteiger partial charge on any atom is 0.183 e. The molecular weight excluding hydrogens is 180 g/mol. The molecule has 0 aromatic heterocycles. The molecule has 1 unspecified atom stereocenters. The fourth-order valence-corrected chi connectivity index (χ4v) is 0.640. The first kappa shape index (κ1) is 12.8. The number of ether oxygens (including phenoxy) is 1. The molecular formula is C7H16O6. The molecule has 0 saturated carbocycles. The van der Waals surface area contributed by atoms with Crippen molar-refractivity contribution in [3.05, 3.63) is 0 Å². The molecule has 4 atom stereocenters. The first-order chi connectivity index (χ1) is 6.02. The largest absolute Gasteiger partial charge is 0.394 e. The molecule has 0 rings (SSSR count). The van der Waals surface area contributed by atoms with Crippen molar-refractivity contribution in [2.45, 2.75) is 31.5 Å². The van der Waals surface area contributed by atoms with Gasteiger partial charge >= 0.3 is 0 Å². The van der Waals surface area contributed by atoms with Crippen LogP contribution in [0.5, 0.6) is 0 Å². The summed E-state index contributed by atoms with van der Waals surface area (Å²) in [7, 11) is 0. The fraction of sp³-hybridized carbons (Fsp3) is 1.00. The quantitative estimate of drug-likeness (QED) is 0.298. The summed E-state index contributed by atoms with van der Waals surface area (Å²) in [6, 6.07) is 0. The van der Waals surface area contributed by atoms with Crippen LogP contribution < -0.4 is 0 Å². The molecule has 0 aromatic rings. The van der Waals surface area contributed by atoms with E-state index < -0.39 is 37.8 Å².